The number of benzene rings is 2. The number of aliphatic carboxylic acids is 1. The van der Waals surface area contributed by atoms with Crippen molar-refractivity contribution in [3.05, 3.63) is 65.0 Å². The van der Waals surface area contributed by atoms with E-state index in [1.54, 1.807) is 0 Å². The molecule has 0 fully saturated rings. The van der Waals surface area contributed by atoms with Crippen LogP contribution in [0.1, 0.15) is 29.0 Å². The number of amides is 1. The number of nitrogens with one attached hydrogen (secondary N) is 1. The molecule has 0 spiro atoms. The fourth-order valence-corrected chi connectivity index (χ4v) is 2.43. The third-order valence-electron chi connectivity index (χ3n) is 3.71. The van der Waals surface area contributed by atoms with Crippen LogP contribution in [0.25, 0.3) is 0 Å². The summed E-state index contributed by atoms with van der Waals surface area (Å²) in [5.74, 6) is -2.97. The van der Waals surface area contributed by atoms with E-state index in [-0.39, 0.29) is 12.3 Å². The summed E-state index contributed by atoms with van der Waals surface area (Å²) in [4.78, 5) is 23.7. The Labute approximate surface area is 134 Å². The summed E-state index contributed by atoms with van der Waals surface area (Å²) in [6.07, 6.45) is -0.214. The van der Waals surface area contributed by atoms with Crippen molar-refractivity contribution in [2.45, 2.75) is 26.2 Å². The first-order chi connectivity index (χ1) is 10.9. The zero-order valence-corrected chi connectivity index (χ0v) is 13.0. The van der Waals surface area contributed by atoms with Crippen LogP contribution in [0.4, 0.5) is 10.1 Å². The molecule has 0 unspecified atom stereocenters. The minimum atomic E-state index is -1.12. The predicted octanol–water partition coefficient (Wildman–Crippen LogP) is 3.64. The van der Waals surface area contributed by atoms with Crippen LogP contribution in [0.15, 0.2) is 42.5 Å². The van der Waals surface area contributed by atoms with Gasteiger partial charge in [-0.2, -0.15) is 0 Å². The Morgan fingerprint density at radius 1 is 1.09 bits per heavy atom. The van der Waals surface area contributed by atoms with E-state index in [1.807, 2.05) is 32.0 Å². The largest absolute Gasteiger partial charge is 0.481 e. The molecule has 0 radical (unpaired) electrons. The van der Waals surface area contributed by atoms with E-state index >= 15 is 0 Å². The molecule has 2 N–H and O–H groups in total. The zero-order chi connectivity index (χ0) is 17.0. The van der Waals surface area contributed by atoms with Gasteiger partial charge in [0.1, 0.15) is 5.82 Å². The highest BCUT2D eigenvalue weighted by molar-refractivity contribution is 5.95. The minimum Gasteiger partial charge on any atom is -0.481 e. The normalized spacial score (nSPS) is 11.8. The molecule has 0 saturated carbocycles. The second kappa shape index (κ2) is 7.05. The molecular formula is C18H18FNO3. The number of rotatable bonds is 5. The van der Waals surface area contributed by atoms with Crippen molar-refractivity contribution in [2.24, 2.45) is 0 Å². The molecule has 2 rings (SSSR count). The van der Waals surface area contributed by atoms with Gasteiger partial charge < -0.3 is 10.4 Å². The van der Waals surface area contributed by atoms with Crippen LogP contribution in [0.2, 0.25) is 0 Å². The maximum atomic E-state index is 13.0. The second-order valence-electron chi connectivity index (χ2n) is 5.46. The molecule has 1 amide bonds. The highest BCUT2D eigenvalue weighted by Crippen LogP contribution is 2.24. The molecule has 2 aromatic rings. The Bertz CT molecular complexity index is 705. The molecule has 4 nitrogen and oxygen atoms in total. The number of halogens is 1. The predicted molar refractivity (Wildman–Crippen MR) is 85.9 cm³/mol. The van der Waals surface area contributed by atoms with Crippen LogP contribution in [0.3, 0.4) is 0 Å². The van der Waals surface area contributed by atoms with Gasteiger partial charge in [-0.15, -0.1) is 0 Å². The number of carboxylic acid groups (broad SMARTS) is 1. The zero-order valence-electron chi connectivity index (χ0n) is 13.0. The van der Waals surface area contributed by atoms with Gasteiger partial charge in [-0.1, -0.05) is 30.3 Å². The Hall–Kier alpha value is -2.69. The number of carboxylic acids is 1. The van der Waals surface area contributed by atoms with Crippen molar-refractivity contribution in [3.63, 3.8) is 0 Å². The first-order valence-electron chi connectivity index (χ1n) is 7.23. The summed E-state index contributed by atoms with van der Waals surface area (Å²) in [7, 11) is 0. The van der Waals surface area contributed by atoms with Crippen LogP contribution in [0.5, 0.6) is 0 Å². The number of anilines is 1. The number of aryl methyl sites for hydroxylation is 2. The molecule has 0 aliphatic carbocycles. The van der Waals surface area contributed by atoms with Gasteiger partial charge in [-0.3, -0.25) is 9.59 Å². The average molecular weight is 315 g/mol. The molecule has 2 aromatic carbocycles. The molecule has 120 valence electrons. The van der Waals surface area contributed by atoms with E-state index in [0.29, 0.717) is 11.3 Å². The molecule has 0 aromatic heterocycles. The summed E-state index contributed by atoms with van der Waals surface area (Å²) in [6.45, 7) is 3.74. The van der Waals surface area contributed by atoms with E-state index < -0.39 is 17.7 Å². The van der Waals surface area contributed by atoms with Crippen LogP contribution in [-0.2, 0) is 9.59 Å². The van der Waals surface area contributed by atoms with Crippen LogP contribution < -0.4 is 5.32 Å². The van der Waals surface area contributed by atoms with Gasteiger partial charge in [0.05, 0.1) is 5.92 Å². The number of para-hydroxylation sites is 1. The standard InChI is InChI=1S/C18H18FNO3/c1-11-4-3-5-12(2)17(11)20-16(21)10-15(18(22)23)13-6-8-14(19)9-7-13/h3-9,15H,10H2,1-2H3,(H,20,21)(H,22,23)/t15-/m0/s1. The SMILES string of the molecule is Cc1cccc(C)c1NC(=O)C[C@H](C(=O)O)c1ccc(F)cc1. The first kappa shape index (κ1) is 16.7. The highest BCUT2D eigenvalue weighted by atomic mass is 19.1. The first-order valence-corrected chi connectivity index (χ1v) is 7.23. The maximum Gasteiger partial charge on any atom is 0.311 e. The molecule has 0 saturated heterocycles. The average Bonchev–Trinajstić information content (AvgIpc) is 2.49. The quantitative estimate of drug-likeness (QED) is 0.885. The molecule has 0 heterocycles. The van der Waals surface area contributed by atoms with E-state index in [2.05, 4.69) is 5.32 Å². The minimum absolute atomic E-state index is 0.214. The number of hydrogen-bond acceptors (Lipinski definition) is 2. The fraction of sp³-hybridized carbons (Fsp3) is 0.222. The fourth-order valence-electron chi connectivity index (χ4n) is 2.43. The van der Waals surface area contributed by atoms with Crippen molar-refractivity contribution in [2.75, 3.05) is 5.32 Å². The van der Waals surface area contributed by atoms with Gasteiger partial charge in [0.25, 0.3) is 0 Å². The van der Waals surface area contributed by atoms with E-state index in [1.165, 1.54) is 24.3 Å². The van der Waals surface area contributed by atoms with Gasteiger partial charge in [0.15, 0.2) is 0 Å². The summed E-state index contributed by atoms with van der Waals surface area (Å²) in [6, 6.07) is 10.8. The van der Waals surface area contributed by atoms with E-state index in [0.717, 1.165) is 11.1 Å². The molecular weight excluding hydrogens is 297 g/mol. The van der Waals surface area contributed by atoms with Crippen molar-refractivity contribution >= 4 is 17.6 Å². The summed E-state index contributed by atoms with van der Waals surface area (Å²) >= 11 is 0. The lowest BCUT2D eigenvalue weighted by molar-refractivity contribution is -0.140. The van der Waals surface area contributed by atoms with Crippen molar-refractivity contribution in [3.8, 4) is 0 Å². The third kappa shape index (κ3) is 4.16. The Balaban J connectivity index is 2.16. The smallest absolute Gasteiger partial charge is 0.311 e. The topological polar surface area (TPSA) is 66.4 Å². The van der Waals surface area contributed by atoms with Gasteiger partial charge in [-0.25, -0.2) is 4.39 Å². The lowest BCUT2D eigenvalue weighted by Crippen LogP contribution is -2.21. The summed E-state index contributed by atoms with van der Waals surface area (Å²) in [5, 5.41) is 12.1. The molecule has 23 heavy (non-hydrogen) atoms. The lowest BCUT2D eigenvalue weighted by atomic mass is 9.95. The maximum absolute atomic E-state index is 13.0. The highest BCUT2D eigenvalue weighted by Gasteiger charge is 2.23. The van der Waals surface area contributed by atoms with Crippen LogP contribution in [0, 0.1) is 19.7 Å². The Morgan fingerprint density at radius 2 is 1.65 bits per heavy atom. The van der Waals surface area contributed by atoms with Crippen LogP contribution >= 0.6 is 0 Å². The Morgan fingerprint density at radius 3 is 2.17 bits per heavy atom. The van der Waals surface area contributed by atoms with E-state index in [4.69, 9.17) is 0 Å². The molecule has 0 aliphatic heterocycles. The molecule has 5 heteroatoms. The third-order valence-corrected chi connectivity index (χ3v) is 3.71. The van der Waals surface area contributed by atoms with Gasteiger partial charge >= 0.3 is 5.97 Å². The number of carbonyl (C=O) groups is 2. The molecule has 0 bridgehead atoms. The van der Waals surface area contributed by atoms with Gasteiger partial charge in [-0.05, 0) is 42.7 Å². The van der Waals surface area contributed by atoms with Gasteiger partial charge in [0, 0.05) is 12.1 Å². The van der Waals surface area contributed by atoms with E-state index in [9.17, 15) is 19.1 Å². The van der Waals surface area contributed by atoms with Crippen molar-refractivity contribution in [1.29, 1.82) is 0 Å². The summed E-state index contributed by atoms with van der Waals surface area (Å²) < 4.78 is 13.0. The number of carbonyl (C=O) groups excluding carboxylic acids is 1. The molecule has 0 aliphatic rings. The molecule has 1 atom stereocenters. The summed E-state index contributed by atoms with van der Waals surface area (Å²) in [5.41, 5.74) is 2.91. The van der Waals surface area contributed by atoms with Crippen molar-refractivity contribution < 1.29 is 19.1 Å². The monoisotopic (exact) mass is 315 g/mol. The van der Waals surface area contributed by atoms with Crippen molar-refractivity contribution in [1.82, 2.24) is 0 Å². The van der Waals surface area contributed by atoms with Crippen LogP contribution in [-0.4, -0.2) is 17.0 Å². The Kier molecular flexibility index (Phi) is 5.11. The van der Waals surface area contributed by atoms with Gasteiger partial charge in [0.2, 0.25) is 5.91 Å². The lowest BCUT2D eigenvalue weighted by Gasteiger charge is -2.15. The number of hydrogen-bond donors (Lipinski definition) is 2. The second-order valence-corrected chi connectivity index (χ2v) is 5.46.